The van der Waals surface area contributed by atoms with Crippen molar-refractivity contribution >= 4 is 15.7 Å². The van der Waals surface area contributed by atoms with E-state index >= 15 is 0 Å². The standard InChI is InChI=1S/C21H20FN3O3S/c1-29(27,28)18-10-4-15(5-11-18)20-14-19(21(26)24-12-2-3-13-24)23-25(20)17-8-6-16(22)7-9-17/h4-11,14H,2-3,12-13H2,1H3. The lowest BCUT2D eigenvalue weighted by Gasteiger charge is -2.12. The average Bonchev–Trinajstić information content (AvgIpc) is 3.38. The van der Waals surface area contributed by atoms with Gasteiger partial charge in [0.1, 0.15) is 5.82 Å². The van der Waals surface area contributed by atoms with E-state index in [0.29, 0.717) is 35.7 Å². The fourth-order valence-corrected chi connectivity index (χ4v) is 4.06. The number of carbonyl (C=O) groups is 1. The maximum atomic E-state index is 13.4. The summed E-state index contributed by atoms with van der Waals surface area (Å²) in [6.07, 6.45) is 3.10. The van der Waals surface area contributed by atoms with Crippen LogP contribution < -0.4 is 0 Å². The van der Waals surface area contributed by atoms with E-state index in [0.717, 1.165) is 19.1 Å². The smallest absolute Gasteiger partial charge is 0.274 e. The molecular weight excluding hydrogens is 393 g/mol. The van der Waals surface area contributed by atoms with E-state index < -0.39 is 9.84 Å². The van der Waals surface area contributed by atoms with Crippen LogP contribution in [0.15, 0.2) is 59.5 Å². The van der Waals surface area contributed by atoms with Gasteiger partial charge < -0.3 is 4.90 Å². The van der Waals surface area contributed by atoms with Crippen LogP contribution >= 0.6 is 0 Å². The molecule has 0 spiro atoms. The molecule has 0 N–H and O–H groups in total. The third-order valence-electron chi connectivity index (χ3n) is 4.97. The van der Waals surface area contributed by atoms with Gasteiger partial charge in [0, 0.05) is 24.9 Å². The average molecular weight is 413 g/mol. The summed E-state index contributed by atoms with van der Waals surface area (Å²) in [6.45, 7) is 1.42. The van der Waals surface area contributed by atoms with Crippen LogP contribution in [-0.2, 0) is 9.84 Å². The van der Waals surface area contributed by atoms with E-state index in [9.17, 15) is 17.6 Å². The molecule has 1 saturated heterocycles. The second kappa shape index (κ2) is 7.44. The van der Waals surface area contributed by atoms with Gasteiger partial charge in [-0.15, -0.1) is 0 Å². The number of sulfone groups is 1. The zero-order chi connectivity index (χ0) is 20.6. The molecular formula is C21H20FN3O3S. The normalized spacial score (nSPS) is 14.3. The molecule has 1 aliphatic heterocycles. The molecule has 1 aromatic heterocycles. The molecule has 2 aromatic carbocycles. The first-order valence-electron chi connectivity index (χ1n) is 9.29. The zero-order valence-corrected chi connectivity index (χ0v) is 16.7. The van der Waals surface area contributed by atoms with Gasteiger partial charge in [0.2, 0.25) is 0 Å². The van der Waals surface area contributed by atoms with Crippen molar-refractivity contribution in [2.45, 2.75) is 17.7 Å². The van der Waals surface area contributed by atoms with Crippen LogP contribution in [0.25, 0.3) is 16.9 Å². The van der Waals surface area contributed by atoms with Crippen molar-refractivity contribution < 1.29 is 17.6 Å². The van der Waals surface area contributed by atoms with Gasteiger partial charge in [-0.25, -0.2) is 17.5 Å². The molecule has 29 heavy (non-hydrogen) atoms. The predicted octanol–water partition coefficient (Wildman–Crippen LogP) is 3.32. The van der Waals surface area contributed by atoms with Crippen LogP contribution in [0.4, 0.5) is 4.39 Å². The number of nitrogens with zero attached hydrogens (tertiary/aromatic N) is 3. The van der Waals surface area contributed by atoms with E-state index in [1.54, 1.807) is 39.9 Å². The SMILES string of the molecule is CS(=O)(=O)c1ccc(-c2cc(C(=O)N3CCCC3)nn2-c2ccc(F)cc2)cc1. The number of aromatic nitrogens is 2. The van der Waals surface area contributed by atoms with E-state index in [1.807, 2.05) is 0 Å². The third-order valence-corrected chi connectivity index (χ3v) is 6.10. The Morgan fingerprint density at radius 2 is 1.62 bits per heavy atom. The number of hydrogen-bond donors (Lipinski definition) is 0. The summed E-state index contributed by atoms with van der Waals surface area (Å²) >= 11 is 0. The van der Waals surface area contributed by atoms with E-state index in [4.69, 9.17) is 0 Å². The van der Waals surface area contributed by atoms with Crippen LogP contribution in [-0.4, -0.2) is 48.4 Å². The van der Waals surface area contributed by atoms with Crippen molar-refractivity contribution in [1.29, 1.82) is 0 Å². The van der Waals surface area contributed by atoms with Crippen LogP contribution in [0.5, 0.6) is 0 Å². The van der Waals surface area contributed by atoms with Gasteiger partial charge in [0.15, 0.2) is 15.5 Å². The highest BCUT2D eigenvalue weighted by molar-refractivity contribution is 7.90. The Morgan fingerprint density at radius 3 is 2.21 bits per heavy atom. The van der Waals surface area contributed by atoms with Gasteiger partial charge in [-0.05, 0) is 55.3 Å². The summed E-state index contributed by atoms with van der Waals surface area (Å²) in [7, 11) is -3.31. The highest BCUT2D eigenvalue weighted by atomic mass is 32.2. The largest absolute Gasteiger partial charge is 0.337 e. The molecule has 2 heterocycles. The van der Waals surface area contributed by atoms with Crippen molar-refractivity contribution in [3.8, 4) is 16.9 Å². The lowest BCUT2D eigenvalue weighted by atomic mass is 10.1. The Labute approximate surface area is 168 Å². The van der Waals surface area contributed by atoms with Crippen molar-refractivity contribution in [3.05, 3.63) is 66.1 Å². The third kappa shape index (κ3) is 3.93. The summed E-state index contributed by atoms with van der Waals surface area (Å²) in [6, 6.07) is 13.9. The summed E-state index contributed by atoms with van der Waals surface area (Å²) in [5.74, 6) is -0.509. The summed E-state index contributed by atoms with van der Waals surface area (Å²) in [5.41, 5.74) is 2.24. The lowest BCUT2D eigenvalue weighted by molar-refractivity contribution is 0.0786. The van der Waals surface area contributed by atoms with Gasteiger partial charge in [0.05, 0.1) is 16.3 Å². The van der Waals surface area contributed by atoms with Crippen LogP contribution in [0.1, 0.15) is 23.3 Å². The van der Waals surface area contributed by atoms with E-state index in [1.165, 1.54) is 24.3 Å². The molecule has 3 aromatic rings. The molecule has 0 unspecified atom stereocenters. The van der Waals surface area contributed by atoms with Crippen LogP contribution in [0.3, 0.4) is 0 Å². The monoisotopic (exact) mass is 413 g/mol. The number of amides is 1. The number of likely N-dealkylation sites (tertiary alicyclic amines) is 1. The second-order valence-electron chi connectivity index (χ2n) is 7.10. The molecule has 0 saturated carbocycles. The number of carbonyl (C=O) groups excluding carboxylic acids is 1. The maximum Gasteiger partial charge on any atom is 0.274 e. The van der Waals surface area contributed by atoms with E-state index in [2.05, 4.69) is 5.10 Å². The van der Waals surface area contributed by atoms with Crippen molar-refractivity contribution in [1.82, 2.24) is 14.7 Å². The Kier molecular flexibility index (Phi) is 4.96. The van der Waals surface area contributed by atoms with Gasteiger partial charge in [-0.2, -0.15) is 5.10 Å². The molecule has 150 valence electrons. The molecule has 1 aliphatic rings. The highest BCUT2D eigenvalue weighted by Crippen LogP contribution is 2.26. The summed E-state index contributed by atoms with van der Waals surface area (Å²) < 4.78 is 38.4. The molecule has 0 atom stereocenters. The molecule has 0 radical (unpaired) electrons. The molecule has 1 amide bonds. The maximum absolute atomic E-state index is 13.4. The fourth-order valence-electron chi connectivity index (χ4n) is 3.43. The lowest BCUT2D eigenvalue weighted by Crippen LogP contribution is -2.28. The Morgan fingerprint density at radius 1 is 1.00 bits per heavy atom. The quantitative estimate of drug-likeness (QED) is 0.658. The number of rotatable bonds is 4. The first-order chi connectivity index (χ1) is 13.8. The van der Waals surface area contributed by atoms with Crippen LogP contribution in [0, 0.1) is 5.82 Å². The first-order valence-corrected chi connectivity index (χ1v) is 11.2. The van der Waals surface area contributed by atoms with Gasteiger partial charge in [-0.1, -0.05) is 12.1 Å². The minimum absolute atomic E-state index is 0.141. The molecule has 8 heteroatoms. The van der Waals surface area contributed by atoms with Crippen molar-refractivity contribution in [2.24, 2.45) is 0 Å². The topological polar surface area (TPSA) is 72.3 Å². The predicted molar refractivity (Wildman–Crippen MR) is 107 cm³/mol. The molecule has 0 bridgehead atoms. The van der Waals surface area contributed by atoms with Gasteiger partial charge in [-0.3, -0.25) is 4.79 Å². The van der Waals surface area contributed by atoms with Gasteiger partial charge >= 0.3 is 0 Å². The zero-order valence-electron chi connectivity index (χ0n) is 15.9. The highest BCUT2D eigenvalue weighted by Gasteiger charge is 2.24. The number of hydrogen-bond acceptors (Lipinski definition) is 4. The first kappa shape index (κ1) is 19.3. The minimum atomic E-state index is -3.31. The van der Waals surface area contributed by atoms with Crippen molar-refractivity contribution in [2.75, 3.05) is 19.3 Å². The minimum Gasteiger partial charge on any atom is -0.337 e. The molecule has 1 fully saturated rings. The Hall–Kier alpha value is -3.00. The number of halogens is 1. The second-order valence-corrected chi connectivity index (χ2v) is 9.11. The van der Waals surface area contributed by atoms with E-state index in [-0.39, 0.29) is 16.6 Å². The molecule has 4 rings (SSSR count). The number of benzene rings is 2. The van der Waals surface area contributed by atoms with Gasteiger partial charge in [0.25, 0.3) is 5.91 Å². The summed E-state index contributed by atoms with van der Waals surface area (Å²) in [5, 5.41) is 4.49. The fraction of sp³-hybridized carbons (Fsp3) is 0.238. The molecule has 0 aliphatic carbocycles. The Bertz CT molecular complexity index is 1150. The summed E-state index contributed by atoms with van der Waals surface area (Å²) in [4.78, 5) is 14.8. The van der Waals surface area contributed by atoms with Crippen LogP contribution in [0.2, 0.25) is 0 Å². The molecule has 6 nitrogen and oxygen atoms in total. The Balaban J connectivity index is 1.80. The van der Waals surface area contributed by atoms with Crippen molar-refractivity contribution in [3.63, 3.8) is 0 Å².